The molecule has 0 aromatic carbocycles. The van der Waals surface area contributed by atoms with E-state index in [1.165, 1.54) is 0 Å². The lowest BCUT2D eigenvalue weighted by molar-refractivity contribution is -0.00924. The normalized spacial score (nSPS) is 11.9. The largest absolute Gasteiger partial charge is 0.461 e. The minimum atomic E-state index is -2.86. The third-order valence-electron chi connectivity index (χ3n) is 2.29. The average molecular weight is 291 g/mol. The van der Waals surface area contributed by atoms with E-state index in [2.05, 4.69) is 15.0 Å². The van der Waals surface area contributed by atoms with Gasteiger partial charge in [0.05, 0.1) is 25.4 Å². The van der Waals surface area contributed by atoms with Crippen molar-refractivity contribution >= 4 is 5.97 Å². The van der Waals surface area contributed by atoms with E-state index in [4.69, 9.17) is 4.74 Å². The van der Waals surface area contributed by atoms with E-state index in [1.807, 2.05) is 20.8 Å². The number of hydrogen-bond donors (Lipinski definition) is 0. The molecular weight excluding hydrogens is 272 g/mol. The highest BCUT2D eigenvalue weighted by Gasteiger charge is 2.27. The van der Waals surface area contributed by atoms with Crippen LogP contribution in [-0.4, -0.2) is 39.8 Å². The Hall–Kier alpha value is -1.57. The van der Waals surface area contributed by atoms with Crippen molar-refractivity contribution in [1.29, 1.82) is 0 Å². The molecule has 0 aliphatic carbocycles. The maximum atomic E-state index is 13.0. The summed E-state index contributed by atoms with van der Waals surface area (Å²) in [6, 6.07) is 0. The quantitative estimate of drug-likeness (QED) is 0.752. The summed E-state index contributed by atoms with van der Waals surface area (Å²) in [5, 5.41) is 7.04. The Morgan fingerprint density at radius 1 is 1.40 bits per heavy atom. The molecule has 0 bridgehead atoms. The lowest BCUT2D eigenvalue weighted by Gasteiger charge is -2.19. The van der Waals surface area contributed by atoms with Gasteiger partial charge >= 0.3 is 5.97 Å². The lowest BCUT2D eigenvalue weighted by atomic mass is 10.2. The first kappa shape index (κ1) is 16.5. The lowest BCUT2D eigenvalue weighted by Crippen LogP contribution is -2.23. The van der Waals surface area contributed by atoms with Crippen LogP contribution >= 0.6 is 0 Å². The number of halogens is 2. The van der Waals surface area contributed by atoms with Gasteiger partial charge in [0.1, 0.15) is 5.69 Å². The molecule has 0 aliphatic rings. The molecule has 0 aliphatic heterocycles. The van der Waals surface area contributed by atoms with Gasteiger partial charge in [-0.15, -0.1) is 5.10 Å². The molecule has 8 heteroatoms. The Bertz CT molecular complexity index is 455. The number of esters is 1. The Balaban J connectivity index is 2.84. The number of rotatable bonds is 6. The summed E-state index contributed by atoms with van der Waals surface area (Å²) in [4.78, 5) is 11.5. The molecule has 1 aromatic rings. The molecule has 1 heterocycles. The van der Waals surface area contributed by atoms with Gasteiger partial charge in [-0.25, -0.2) is 18.3 Å². The van der Waals surface area contributed by atoms with Crippen LogP contribution in [0.3, 0.4) is 0 Å². The van der Waals surface area contributed by atoms with E-state index in [-0.39, 0.29) is 25.4 Å². The van der Waals surface area contributed by atoms with Gasteiger partial charge in [-0.2, -0.15) is 0 Å². The van der Waals surface area contributed by atoms with Crippen molar-refractivity contribution in [2.24, 2.45) is 0 Å². The number of aromatic nitrogens is 3. The molecule has 0 amide bonds. The second kappa shape index (κ2) is 6.74. The number of carbonyl (C=O) groups excluding carboxylic acids is 1. The predicted octanol–water partition coefficient (Wildman–Crippen LogP) is 2.21. The maximum Gasteiger partial charge on any atom is 0.361 e. The van der Waals surface area contributed by atoms with Gasteiger partial charge < -0.3 is 9.47 Å². The Morgan fingerprint density at radius 3 is 2.55 bits per heavy atom. The molecule has 0 fully saturated rings. The smallest absolute Gasteiger partial charge is 0.361 e. The second-order valence-electron chi connectivity index (χ2n) is 5.03. The first-order valence-electron chi connectivity index (χ1n) is 6.29. The molecule has 1 aromatic heterocycles. The van der Waals surface area contributed by atoms with E-state index in [0.717, 1.165) is 4.68 Å². The van der Waals surface area contributed by atoms with Crippen LogP contribution in [0.15, 0.2) is 0 Å². The standard InChI is InChI=1S/C12H19F2N3O3/c1-5-19-11(18)8-9(10(13)14)17(16-15-8)6-7-20-12(2,3)4/h10H,5-7H2,1-4H3. The molecule has 0 unspecified atom stereocenters. The van der Waals surface area contributed by atoms with Crippen molar-refractivity contribution in [2.45, 2.75) is 46.3 Å². The van der Waals surface area contributed by atoms with Crippen LogP contribution < -0.4 is 0 Å². The van der Waals surface area contributed by atoms with E-state index < -0.39 is 23.8 Å². The van der Waals surface area contributed by atoms with Crippen LogP contribution in [0.4, 0.5) is 8.78 Å². The molecular formula is C12H19F2N3O3. The highest BCUT2D eigenvalue weighted by molar-refractivity contribution is 5.88. The Labute approximate surface area is 116 Å². The molecule has 0 N–H and O–H groups in total. The van der Waals surface area contributed by atoms with Gasteiger partial charge in [0, 0.05) is 0 Å². The van der Waals surface area contributed by atoms with E-state index in [0.29, 0.717) is 0 Å². The highest BCUT2D eigenvalue weighted by atomic mass is 19.3. The van der Waals surface area contributed by atoms with E-state index in [1.54, 1.807) is 6.92 Å². The SMILES string of the molecule is CCOC(=O)c1nnn(CCOC(C)(C)C)c1C(F)F. The average Bonchev–Trinajstić information content (AvgIpc) is 2.71. The number of alkyl halides is 2. The van der Waals surface area contributed by atoms with Gasteiger partial charge in [-0.3, -0.25) is 0 Å². The summed E-state index contributed by atoms with van der Waals surface area (Å²) in [5.41, 5.74) is -1.37. The summed E-state index contributed by atoms with van der Waals surface area (Å²) >= 11 is 0. The van der Waals surface area contributed by atoms with Crippen molar-refractivity contribution in [3.8, 4) is 0 Å². The fourth-order valence-electron chi connectivity index (χ4n) is 1.48. The zero-order valence-corrected chi connectivity index (χ0v) is 12.0. The van der Waals surface area contributed by atoms with Crippen LogP contribution in [0.2, 0.25) is 0 Å². The van der Waals surface area contributed by atoms with Crippen molar-refractivity contribution < 1.29 is 23.0 Å². The number of nitrogens with zero attached hydrogens (tertiary/aromatic N) is 3. The Morgan fingerprint density at radius 2 is 2.05 bits per heavy atom. The molecule has 0 saturated heterocycles. The first-order chi connectivity index (χ1) is 9.26. The minimum absolute atomic E-state index is 0.0848. The number of ether oxygens (including phenoxy) is 2. The van der Waals surface area contributed by atoms with Gasteiger partial charge in [-0.05, 0) is 27.7 Å². The van der Waals surface area contributed by atoms with Crippen molar-refractivity contribution in [2.75, 3.05) is 13.2 Å². The molecule has 0 spiro atoms. The molecule has 1 rings (SSSR count). The number of hydrogen-bond acceptors (Lipinski definition) is 5. The highest BCUT2D eigenvalue weighted by Crippen LogP contribution is 2.22. The Kier molecular flexibility index (Phi) is 5.55. The molecule has 20 heavy (non-hydrogen) atoms. The zero-order valence-electron chi connectivity index (χ0n) is 12.0. The third kappa shape index (κ3) is 4.52. The molecule has 6 nitrogen and oxygen atoms in total. The van der Waals surface area contributed by atoms with Crippen molar-refractivity contribution in [3.63, 3.8) is 0 Å². The van der Waals surface area contributed by atoms with Gasteiger partial charge in [0.2, 0.25) is 0 Å². The predicted molar refractivity (Wildman–Crippen MR) is 66.6 cm³/mol. The van der Waals surface area contributed by atoms with Crippen LogP contribution in [0.25, 0.3) is 0 Å². The van der Waals surface area contributed by atoms with Crippen LogP contribution in [0.1, 0.15) is 50.3 Å². The second-order valence-corrected chi connectivity index (χ2v) is 5.03. The molecule has 0 saturated carbocycles. The fourth-order valence-corrected chi connectivity index (χ4v) is 1.48. The van der Waals surface area contributed by atoms with E-state index in [9.17, 15) is 13.6 Å². The summed E-state index contributed by atoms with van der Waals surface area (Å²) < 4.78 is 37.1. The van der Waals surface area contributed by atoms with Crippen LogP contribution in [0.5, 0.6) is 0 Å². The summed E-state index contributed by atoms with van der Waals surface area (Å²) in [6.07, 6.45) is -2.86. The topological polar surface area (TPSA) is 66.2 Å². The summed E-state index contributed by atoms with van der Waals surface area (Å²) in [5.74, 6) is -0.897. The van der Waals surface area contributed by atoms with Gasteiger partial charge in [0.15, 0.2) is 5.69 Å². The maximum absolute atomic E-state index is 13.0. The first-order valence-corrected chi connectivity index (χ1v) is 6.29. The van der Waals surface area contributed by atoms with Crippen molar-refractivity contribution in [3.05, 3.63) is 11.4 Å². The van der Waals surface area contributed by atoms with Crippen LogP contribution in [0, 0.1) is 0 Å². The number of carbonyl (C=O) groups is 1. The summed E-state index contributed by atoms with van der Waals surface area (Å²) in [6.45, 7) is 7.51. The van der Waals surface area contributed by atoms with Gasteiger partial charge in [0.25, 0.3) is 6.43 Å². The minimum Gasteiger partial charge on any atom is -0.461 e. The fraction of sp³-hybridized carbons (Fsp3) is 0.750. The molecule has 114 valence electrons. The zero-order chi connectivity index (χ0) is 15.3. The molecule has 0 radical (unpaired) electrons. The van der Waals surface area contributed by atoms with Crippen molar-refractivity contribution in [1.82, 2.24) is 15.0 Å². The van der Waals surface area contributed by atoms with Gasteiger partial charge in [-0.1, -0.05) is 5.21 Å². The third-order valence-corrected chi connectivity index (χ3v) is 2.29. The monoisotopic (exact) mass is 291 g/mol. The van der Waals surface area contributed by atoms with Crippen LogP contribution in [-0.2, 0) is 16.0 Å². The summed E-state index contributed by atoms with van der Waals surface area (Å²) in [7, 11) is 0. The van der Waals surface area contributed by atoms with E-state index >= 15 is 0 Å². The molecule has 0 atom stereocenters.